The summed E-state index contributed by atoms with van der Waals surface area (Å²) < 4.78 is 44.6. The Morgan fingerprint density at radius 1 is 0.889 bits per heavy atom. The smallest absolute Gasteiger partial charge is 0.208 e. The van der Waals surface area contributed by atoms with E-state index in [1.165, 1.54) is 36.2 Å². The number of para-hydroxylation sites is 1. The number of rotatable bonds is 3. The lowest BCUT2D eigenvalue weighted by atomic mass is 10.0. The summed E-state index contributed by atoms with van der Waals surface area (Å²) in [6.45, 7) is 0.457. The summed E-state index contributed by atoms with van der Waals surface area (Å²) in [6, 6.07) is 15.1. The van der Waals surface area contributed by atoms with Gasteiger partial charge in [0.1, 0.15) is 17.5 Å². The second kappa shape index (κ2) is 7.36. The number of benzene rings is 3. The summed E-state index contributed by atoms with van der Waals surface area (Å²) in [5.41, 5.74) is 2.74. The van der Waals surface area contributed by atoms with E-state index in [9.17, 15) is 13.2 Å². The summed E-state index contributed by atoms with van der Waals surface area (Å²) >= 11 is 1.27. The van der Waals surface area contributed by atoms with Crippen molar-refractivity contribution in [1.82, 2.24) is 5.32 Å². The number of guanidine groups is 1. The maximum Gasteiger partial charge on any atom is 0.208 e. The first-order valence-corrected chi connectivity index (χ1v) is 8.96. The Morgan fingerprint density at radius 2 is 1.63 bits per heavy atom. The number of halogens is 3. The van der Waals surface area contributed by atoms with E-state index in [-0.39, 0.29) is 5.82 Å². The van der Waals surface area contributed by atoms with Gasteiger partial charge in [-0.3, -0.25) is 0 Å². The molecule has 4 rings (SSSR count). The molecule has 0 radical (unpaired) electrons. The molecule has 0 saturated carbocycles. The van der Waals surface area contributed by atoms with Crippen molar-refractivity contribution in [2.45, 2.75) is 11.4 Å². The van der Waals surface area contributed by atoms with Gasteiger partial charge in [-0.05, 0) is 41.5 Å². The minimum atomic E-state index is -0.630. The predicted octanol–water partition coefficient (Wildman–Crippen LogP) is 5.35. The quantitative estimate of drug-likeness (QED) is 0.597. The van der Waals surface area contributed by atoms with E-state index in [1.807, 2.05) is 12.1 Å². The van der Waals surface area contributed by atoms with E-state index in [0.29, 0.717) is 23.6 Å². The van der Waals surface area contributed by atoms with Crippen LogP contribution >= 0.6 is 11.9 Å². The Balaban J connectivity index is 1.57. The van der Waals surface area contributed by atoms with Gasteiger partial charge in [0.25, 0.3) is 0 Å². The first-order valence-electron chi connectivity index (χ1n) is 8.18. The monoisotopic (exact) mass is 385 g/mol. The maximum atomic E-state index is 13.6. The van der Waals surface area contributed by atoms with Crippen LogP contribution in [0.3, 0.4) is 0 Å². The number of hydrogen-bond donors (Lipinski definition) is 2. The standard InChI is InChI=1S/C20H14F3N3S/c21-14-6-4-12(5-7-14)11-24-20-25-19-17(2-1-3-18(19)27-26-20)13-8-15(22)10-16(23)9-13/h1-10H,11H2,(H2,24,25,26). The molecule has 0 amide bonds. The third-order valence-corrected chi connectivity index (χ3v) is 4.86. The first-order chi connectivity index (χ1) is 13.1. The number of anilines is 1. The van der Waals surface area contributed by atoms with Gasteiger partial charge in [0.15, 0.2) is 0 Å². The van der Waals surface area contributed by atoms with Gasteiger partial charge in [0.05, 0.1) is 10.6 Å². The van der Waals surface area contributed by atoms with Gasteiger partial charge in [0.2, 0.25) is 5.96 Å². The Hall–Kier alpha value is -2.93. The van der Waals surface area contributed by atoms with Crippen LogP contribution in [-0.4, -0.2) is 5.96 Å². The van der Waals surface area contributed by atoms with Gasteiger partial charge in [-0.15, -0.1) is 0 Å². The third kappa shape index (κ3) is 3.93. The fourth-order valence-electron chi connectivity index (χ4n) is 2.79. The van der Waals surface area contributed by atoms with Crippen molar-refractivity contribution >= 4 is 23.6 Å². The lowest BCUT2D eigenvalue weighted by Gasteiger charge is -2.21. The van der Waals surface area contributed by atoms with E-state index in [1.54, 1.807) is 18.2 Å². The molecule has 3 aromatic rings. The molecule has 0 spiro atoms. The van der Waals surface area contributed by atoms with Crippen molar-refractivity contribution in [2.75, 3.05) is 5.32 Å². The molecule has 0 aliphatic carbocycles. The molecule has 3 nitrogen and oxygen atoms in total. The third-order valence-electron chi connectivity index (χ3n) is 4.05. The van der Waals surface area contributed by atoms with Crippen molar-refractivity contribution in [3.8, 4) is 11.1 Å². The zero-order valence-electron chi connectivity index (χ0n) is 14.0. The minimum absolute atomic E-state index is 0.289. The molecule has 1 aliphatic rings. The van der Waals surface area contributed by atoms with E-state index < -0.39 is 11.6 Å². The van der Waals surface area contributed by atoms with E-state index in [2.05, 4.69) is 15.0 Å². The lowest BCUT2D eigenvalue weighted by molar-refractivity contribution is 0.584. The minimum Gasteiger partial charge on any atom is -0.351 e. The zero-order valence-corrected chi connectivity index (χ0v) is 14.8. The SMILES string of the molecule is Fc1ccc(CNC2=NSc3cccc(-c4cc(F)cc(F)c4)c3N2)cc1. The molecule has 3 aromatic carbocycles. The molecular weight excluding hydrogens is 371 g/mol. The van der Waals surface area contributed by atoms with Crippen molar-refractivity contribution in [3.63, 3.8) is 0 Å². The predicted molar refractivity (Wildman–Crippen MR) is 102 cm³/mol. The highest BCUT2D eigenvalue weighted by Crippen LogP contribution is 2.39. The van der Waals surface area contributed by atoms with Crippen LogP contribution in [-0.2, 0) is 6.54 Å². The molecule has 2 N–H and O–H groups in total. The molecule has 0 bridgehead atoms. The zero-order chi connectivity index (χ0) is 18.8. The summed E-state index contributed by atoms with van der Waals surface area (Å²) in [7, 11) is 0. The normalized spacial score (nSPS) is 12.8. The average molecular weight is 385 g/mol. The Kier molecular flexibility index (Phi) is 4.77. The van der Waals surface area contributed by atoms with Crippen LogP contribution in [0.15, 0.2) is 70.0 Å². The van der Waals surface area contributed by atoms with Crippen LogP contribution in [0.4, 0.5) is 18.9 Å². The molecule has 136 valence electrons. The molecule has 27 heavy (non-hydrogen) atoms. The Bertz CT molecular complexity index is 999. The molecule has 0 unspecified atom stereocenters. The summed E-state index contributed by atoms with van der Waals surface area (Å²) in [5.74, 6) is -1.03. The van der Waals surface area contributed by atoms with Crippen molar-refractivity contribution in [1.29, 1.82) is 0 Å². The Labute approximate surface area is 158 Å². The molecule has 1 heterocycles. The van der Waals surface area contributed by atoms with Crippen LogP contribution in [0.5, 0.6) is 0 Å². The maximum absolute atomic E-state index is 13.6. The molecule has 0 aromatic heterocycles. The van der Waals surface area contributed by atoms with Crippen molar-refractivity contribution in [3.05, 3.63) is 83.7 Å². The Morgan fingerprint density at radius 3 is 2.37 bits per heavy atom. The van der Waals surface area contributed by atoms with E-state index >= 15 is 0 Å². The number of nitrogens with one attached hydrogen (secondary N) is 2. The lowest BCUT2D eigenvalue weighted by Crippen LogP contribution is -2.31. The van der Waals surface area contributed by atoms with E-state index in [4.69, 9.17) is 0 Å². The second-order valence-corrected chi connectivity index (χ2v) is 6.78. The summed E-state index contributed by atoms with van der Waals surface area (Å²) in [5, 5.41) is 6.33. The van der Waals surface area contributed by atoms with Crippen molar-refractivity contribution < 1.29 is 13.2 Å². The van der Waals surface area contributed by atoms with Crippen LogP contribution in [0.2, 0.25) is 0 Å². The highest BCUT2D eigenvalue weighted by molar-refractivity contribution is 7.98. The molecular formula is C20H14F3N3S. The van der Waals surface area contributed by atoms with Crippen LogP contribution < -0.4 is 10.6 Å². The van der Waals surface area contributed by atoms with Gasteiger partial charge in [-0.25, -0.2) is 13.2 Å². The fraction of sp³-hybridized carbons (Fsp3) is 0.0500. The first kappa shape index (κ1) is 17.5. The largest absolute Gasteiger partial charge is 0.351 e. The van der Waals surface area contributed by atoms with Gasteiger partial charge in [0, 0.05) is 30.1 Å². The van der Waals surface area contributed by atoms with Gasteiger partial charge < -0.3 is 10.6 Å². The van der Waals surface area contributed by atoms with Gasteiger partial charge in [-0.1, -0.05) is 24.3 Å². The van der Waals surface area contributed by atoms with Crippen LogP contribution in [0, 0.1) is 17.5 Å². The molecule has 0 fully saturated rings. The highest BCUT2D eigenvalue weighted by Gasteiger charge is 2.18. The molecule has 7 heteroatoms. The summed E-state index contributed by atoms with van der Waals surface area (Å²) in [6.07, 6.45) is 0. The van der Waals surface area contributed by atoms with E-state index in [0.717, 1.165) is 22.2 Å². The topological polar surface area (TPSA) is 36.4 Å². The molecule has 0 saturated heterocycles. The average Bonchev–Trinajstić information content (AvgIpc) is 2.66. The van der Waals surface area contributed by atoms with Gasteiger partial charge >= 0.3 is 0 Å². The molecule has 0 atom stereocenters. The van der Waals surface area contributed by atoms with Gasteiger partial charge in [-0.2, -0.15) is 4.40 Å². The van der Waals surface area contributed by atoms with Crippen molar-refractivity contribution in [2.24, 2.45) is 4.40 Å². The fourth-order valence-corrected chi connectivity index (χ4v) is 3.48. The number of nitrogens with zero attached hydrogens (tertiary/aromatic N) is 1. The van der Waals surface area contributed by atoms with Crippen LogP contribution in [0.1, 0.15) is 5.56 Å². The number of fused-ring (bicyclic) bond motifs is 1. The highest BCUT2D eigenvalue weighted by atomic mass is 32.2. The summed E-state index contributed by atoms with van der Waals surface area (Å²) in [4.78, 5) is 0.851. The molecule has 1 aliphatic heterocycles. The number of hydrogen-bond acceptors (Lipinski definition) is 4. The van der Waals surface area contributed by atoms with Crippen LogP contribution in [0.25, 0.3) is 11.1 Å². The second-order valence-electron chi connectivity index (χ2n) is 5.97.